The molecule has 0 heterocycles. The number of carbonyl (C=O) groups excluding carboxylic acids is 1. The second-order valence-corrected chi connectivity index (χ2v) is 4.55. The molecule has 0 saturated heterocycles. The van der Waals surface area contributed by atoms with Crippen LogP contribution in [0.15, 0.2) is 18.2 Å². The van der Waals surface area contributed by atoms with E-state index in [1.165, 1.54) is 7.11 Å². The maximum Gasteiger partial charge on any atom is 0.309 e. The first kappa shape index (κ1) is 10.8. The van der Waals surface area contributed by atoms with E-state index >= 15 is 0 Å². The summed E-state index contributed by atoms with van der Waals surface area (Å²) in [5.41, 5.74) is 1.02. The maximum absolute atomic E-state index is 11.2. The van der Waals surface area contributed by atoms with E-state index in [0.717, 1.165) is 12.0 Å². The van der Waals surface area contributed by atoms with Gasteiger partial charge in [0.2, 0.25) is 0 Å². The number of methoxy groups -OCH3 is 1. The van der Waals surface area contributed by atoms with Crippen LogP contribution in [-0.4, -0.2) is 13.1 Å². The van der Waals surface area contributed by atoms with Crippen LogP contribution in [0.4, 0.5) is 0 Å². The lowest BCUT2D eigenvalue weighted by Gasteiger charge is -2.01. The number of rotatable bonds is 2. The lowest BCUT2D eigenvalue weighted by Crippen LogP contribution is -2.03. The third-order valence-corrected chi connectivity index (χ3v) is 3.04. The SMILES string of the molecule is COC(=O)C1CC1c1cc(Cl)cc(Cl)c1. The van der Waals surface area contributed by atoms with Crippen LogP contribution in [0.2, 0.25) is 10.0 Å². The highest BCUT2D eigenvalue weighted by Crippen LogP contribution is 2.49. The van der Waals surface area contributed by atoms with Gasteiger partial charge in [-0.05, 0) is 36.1 Å². The summed E-state index contributed by atoms with van der Waals surface area (Å²) in [6.45, 7) is 0. The molecule has 4 heteroatoms. The first-order valence-electron chi connectivity index (χ1n) is 4.65. The summed E-state index contributed by atoms with van der Waals surface area (Å²) >= 11 is 11.8. The fourth-order valence-electron chi connectivity index (χ4n) is 1.76. The van der Waals surface area contributed by atoms with Crippen LogP contribution in [-0.2, 0) is 9.53 Å². The molecule has 0 amide bonds. The quantitative estimate of drug-likeness (QED) is 0.747. The number of esters is 1. The summed E-state index contributed by atoms with van der Waals surface area (Å²) in [6, 6.07) is 5.38. The highest BCUT2D eigenvalue weighted by Gasteiger charge is 2.45. The number of carbonyl (C=O) groups is 1. The van der Waals surface area contributed by atoms with Gasteiger partial charge in [-0.1, -0.05) is 23.2 Å². The van der Waals surface area contributed by atoms with Gasteiger partial charge in [0.1, 0.15) is 0 Å². The van der Waals surface area contributed by atoms with Crippen molar-refractivity contribution in [1.82, 2.24) is 0 Å². The summed E-state index contributed by atoms with van der Waals surface area (Å²) in [4.78, 5) is 11.2. The smallest absolute Gasteiger partial charge is 0.309 e. The molecule has 1 aromatic rings. The van der Waals surface area contributed by atoms with Crippen LogP contribution >= 0.6 is 23.2 Å². The van der Waals surface area contributed by atoms with E-state index < -0.39 is 0 Å². The second-order valence-electron chi connectivity index (χ2n) is 3.67. The molecule has 0 N–H and O–H groups in total. The van der Waals surface area contributed by atoms with Crippen LogP contribution in [0.25, 0.3) is 0 Å². The summed E-state index contributed by atoms with van der Waals surface area (Å²) < 4.78 is 4.68. The standard InChI is InChI=1S/C11H10Cl2O2/c1-15-11(14)10-5-9(10)6-2-7(12)4-8(13)3-6/h2-4,9-10H,5H2,1H3. The highest BCUT2D eigenvalue weighted by atomic mass is 35.5. The zero-order valence-electron chi connectivity index (χ0n) is 8.17. The van der Waals surface area contributed by atoms with E-state index in [4.69, 9.17) is 23.2 Å². The minimum Gasteiger partial charge on any atom is -0.469 e. The van der Waals surface area contributed by atoms with E-state index in [0.29, 0.717) is 10.0 Å². The van der Waals surface area contributed by atoms with Crippen molar-refractivity contribution in [2.24, 2.45) is 5.92 Å². The predicted octanol–water partition coefficient (Wildman–Crippen LogP) is 3.27. The van der Waals surface area contributed by atoms with Gasteiger partial charge in [-0.3, -0.25) is 4.79 Å². The van der Waals surface area contributed by atoms with Gasteiger partial charge >= 0.3 is 5.97 Å². The Kier molecular flexibility index (Phi) is 2.89. The molecule has 0 bridgehead atoms. The maximum atomic E-state index is 11.2. The van der Waals surface area contributed by atoms with Gasteiger partial charge in [0.05, 0.1) is 13.0 Å². The highest BCUT2D eigenvalue weighted by molar-refractivity contribution is 6.34. The Morgan fingerprint density at radius 2 is 1.93 bits per heavy atom. The largest absolute Gasteiger partial charge is 0.469 e. The van der Waals surface area contributed by atoms with Gasteiger partial charge in [-0.25, -0.2) is 0 Å². The van der Waals surface area contributed by atoms with Gasteiger partial charge in [0.15, 0.2) is 0 Å². The molecule has 2 unspecified atom stereocenters. The van der Waals surface area contributed by atoms with Gasteiger partial charge < -0.3 is 4.74 Å². The van der Waals surface area contributed by atoms with Crippen molar-refractivity contribution in [3.63, 3.8) is 0 Å². The minimum atomic E-state index is -0.156. The summed E-state index contributed by atoms with van der Waals surface area (Å²) in [7, 11) is 1.41. The Bertz CT molecular complexity index is 383. The summed E-state index contributed by atoms with van der Waals surface area (Å²) in [6.07, 6.45) is 0.823. The molecule has 0 aromatic heterocycles. The molecule has 2 nitrogen and oxygen atoms in total. The van der Waals surface area contributed by atoms with Crippen molar-refractivity contribution in [2.75, 3.05) is 7.11 Å². The van der Waals surface area contributed by atoms with Gasteiger partial charge in [-0.15, -0.1) is 0 Å². The van der Waals surface area contributed by atoms with Crippen molar-refractivity contribution in [3.05, 3.63) is 33.8 Å². The number of hydrogen-bond donors (Lipinski definition) is 0. The molecule has 1 aliphatic carbocycles. The molecule has 1 saturated carbocycles. The number of ether oxygens (including phenoxy) is 1. The molecule has 80 valence electrons. The number of benzene rings is 1. The Hall–Kier alpha value is -0.730. The number of halogens is 2. The van der Waals surface area contributed by atoms with Crippen molar-refractivity contribution < 1.29 is 9.53 Å². The lowest BCUT2D eigenvalue weighted by atomic mass is 10.1. The fraction of sp³-hybridized carbons (Fsp3) is 0.364. The zero-order chi connectivity index (χ0) is 11.0. The third-order valence-electron chi connectivity index (χ3n) is 2.61. The topological polar surface area (TPSA) is 26.3 Å². The molecule has 0 spiro atoms. The Balaban J connectivity index is 2.16. The first-order chi connectivity index (χ1) is 7.11. The van der Waals surface area contributed by atoms with Crippen LogP contribution < -0.4 is 0 Å². The Morgan fingerprint density at radius 1 is 1.33 bits per heavy atom. The van der Waals surface area contributed by atoms with Gasteiger partial charge in [0, 0.05) is 10.0 Å². The van der Waals surface area contributed by atoms with E-state index in [-0.39, 0.29) is 17.8 Å². The van der Waals surface area contributed by atoms with Crippen molar-refractivity contribution in [1.29, 1.82) is 0 Å². The molecule has 15 heavy (non-hydrogen) atoms. The Morgan fingerprint density at radius 3 is 2.47 bits per heavy atom. The van der Waals surface area contributed by atoms with Crippen molar-refractivity contribution in [3.8, 4) is 0 Å². The van der Waals surface area contributed by atoms with Crippen molar-refractivity contribution >= 4 is 29.2 Å². The average molecular weight is 245 g/mol. The minimum absolute atomic E-state index is 0.0236. The lowest BCUT2D eigenvalue weighted by molar-refractivity contribution is -0.142. The third kappa shape index (κ3) is 2.27. The molecule has 2 atom stereocenters. The fourth-order valence-corrected chi connectivity index (χ4v) is 2.31. The number of hydrogen-bond acceptors (Lipinski definition) is 2. The van der Waals surface area contributed by atoms with Gasteiger partial charge in [-0.2, -0.15) is 0 Å². The molecule has 1 aromatic carbocycles. The van der Waals surface area contributed by atoms with E-state index in [1.807, 2.05) is 12.1 Å². The van der Waals surface area contributed by atoms with Crippen LogP contribution in [0.3, 0.4) is 0 Å². The molecule has 2 rings (SSSR count). The van der Waals surface area contributed by atoms with Crippen LogP contribution in [0.5, 0.6) is 0 Å². The van der Waals surface area contributed by atoms with E-state index in [2.05, 4.69) is 4.74 Å². The molecular formula is C11H10Cl2O2. The van der Waals surface area contributed by atoms with Crippen LogP contribution in [0, 0.1) is 5.92 Å². The zero-order valence-corrected chi connectivity index (χ0v) is 9.68. The van der Waals surface area contributed by atoms with E-state index in [1.54, 1.807) is 6.07 Å². The van der Waals surface area contributed by atoms with Crippen molar-refractivity contribution in [2.45, 2.75) is 12.3 Å². The normalized spacial score (nSPS) is 23.7. The van der Waals surface area contributed by atoms with Gasteiger partial charge in [0.25, 0.3) is 0 Å². The van der Waals surface area contributed by atoms with E-state index in [9.17, 15) is 4.79 Å². The van der Waals surface area contributed by atoms with Crippen LogP contribution in [0.1, 0.15) is 17.9 Å². The molecule has 0 aliphatic heterocycles. The molecule has 1 fully saturated rings. The first-order valence-corrected chi connectivity index (χ1v) is 5.41. The Labute approximate surface area is 98.1 Å². The monoisotopic (exact) mass is 244 g/mol. The summed E-state index contributed by atoms with van der Waals surface area (Å²) in [5, 5.41) is 1.21. The predicted molar refractivity (Wildman–Crippen MR) is 59.3 cm³/mol. The average Bonchev–Trinajstić information content (AvgIpc) is 2.94. The molecular weight excluding hydrogens is 235 g/mol. The summed E-state index contributed by atoms with van der Waals surface area (Å²) in [5.74, 6) is 0.0364. The molecule has 1 aliphatic rings. The second kappa shape index (κ2) is 4.03. The molecule has 0 radical (unpaired) electrons.